The Kier molecular flexibility index (Phi) is 6.16. The molecule has 1 N–H and O–H groups in total. The van der Waals surface area contributed by atoms with Crippen molar-refractivity contribution in [2.24, 2.45) is 0 Å². The van der Waals surface area contributed by atoms with Gasteiger partial charge in [0.05, 0.1) is 15.0 Å². The Labute approximate surface area is 173 Å². The summed E-state index contributed by atoms with van der Waals surface area (Å²) < 4.78 is 4.98. The van der Waals surface area contributed by atoms with E-state index in [1.54, 1.807) is 18.2 Å². The van der Waals surface area contributed by atoms with Gasteiger partial charge in [0.25, 0.3) is 17.1 Å². The van der Waals surface area contributed by atoms with Crippen molar-refractivity contribution in [3.05, 3.63) is 61.8 Å². The molecule has 3 rings (SSSR count). The summed E-state index contributed by atoms with van der Waals surface area (Å²) in [6.07, 6.45) is 1.52. The molecule has 1 aliphatic rings. The number of hydrogen-bond acceptors (Lipinski definition) is 5. The van der Waals surface area contributed by atoms with E-state index < -0.39 is 17.1 Å². The minimum Gasteiger partial charge on any atom is -0.440 e. The van der Waals surface area contributed by atoms with E-state index in [1.807, 2.05) is 0 Å². The van der Waals surface area contributed by atoms with Crippen LogP contribution >= 0.6 is 46.6 Å². The minimum absolute atomic E-state index is 0.0193. The van der Waals surface area contributed by atoms with Gasteiger partial charge < -0.3 is 9.73 Å². The highest BCUT2D eigenvalue weighted by molar-refractivity contribution is 8.18. The lowest BCUT2D eigenvalue weighted by molar-refractivity contribution is -0.122. The molecule has 0 atom stereocenters. The number of amides is 3. The van der Waals surface area contributed by atoms with Crippen LogP contribution in [0.5, 0.6) is 0 Å². The Hall–Kier alpha value is -1.93. The maximum atomic E-state index is 12.5. The molecule has 10 heteroatoms. The van der Waals surface area contributed by atoms with Gasteiger partial charge in [0.15, 0.2) is 11.0 Å². The molecule has 3 amide bonds. The minimum atomic E-state index is -0.491. The second-order valence-corrected chi connectivity index (χ2v) is 7.49. The molecule has 0 aliphatic carbocycles. The van der Waals surface area contributed by atoms with Gasteiger partial charge in [-0.3, -0.25) is 19.3 Å². The molecule has 6 nitrogen and oxygen atoms in total. The van der Waals surface area contributed by atoms with Crippen molar-refractivity contribution >= 4 is 69.7 Å². The normalized spacial score (nSPS) is 15.7. The first-order valence-electron chi connectivity index (χ1n) is 7.59. The third kappa shape index (κ3) is 4.50. The Morgan fingerprint density at radius 2 is 1.96 bits per heavy atom. The van der Waals surface area contributed by atoms with Gasteiger partial charge in [-0.1, -0.05) is 35.3 Å². The highest BCUT2D eigenvalue weighted by atomic mass is 35.5. The molecule has 2 heterocycles. The largest absolute Gasteiger partial charge is 0.440 e. The number of nitrogens with one attached hydrogen (secondary N) is 1. The molecular weight excluding hydrogens is 435 g/mol. The standard InChI is InChI=1S/C17H11Cl3N2O4S/c18-10-3-1-2-9(14(10)20)8-12-16(24)22(17(25)27-12)7-6-21-15(23)11-4-5-13(19)26-11/h1-5,8H,6-7H2,(H,21,23)/b12-8-. The summed E-state index contributed by atoms with van der Waals surface area (Å²) >= 11 is 18.5. The Morgan fingerprint density at radius 1 is 1.19 bits per heavy atom. The fourth-order valence-electron chi connectivity index (χ4n) is 2.27. The van der Waals surface area contributed by atoms with Gasteiger partial charge >= 0.3 is 0 Å². The summed E-state index contributed by atoms with van der Waals surface area (Å²) in [5, 5.41) is 2.87. The molecule has 1 aromatic heterocycles. The zero-order chi connectivity index (χ0) is 19.6. The summed E-state index contributed by atoms with van der Waals surface area (Å²) in [6, 6.07) is 7.88. The Balaban J connectivity index is 1.63. The first kappa shape index (κ1) is 19.8. The van der Waals surface area contributed by atoms with E-state index >= 15 is 0 Å². The van der Waals surface area contributed by atoms with E-state index in [0.717, 1.165) is 16.7 Å². The lowest BCUT2D eigenvalue weighted by atomic mass is 10.2. The van der Waals surface area contributed by atoms with Gasteiger partial charge in [0.1, 0.15) is 0 Å². The summed E-state index contributed by atoms with van der Waals surface area (Å²) in [4.78, 5) is 37.7. The van der Waals surface area contributed by atoms with Crippen molar-refractivity contribution in [1.82, 2.24) is 10.2 Å². The average molecular weight is 446 g/mol. The molecule has 0 radical (unpaired) electrons. The molecular formula is C17H11Cl3N2O4S. The predicted molar refractivity (Wildman–Crippen MR) is 105 cm³/mol. The third-order valence-electron chi connectivity index (χ3n) is 3.56. The van der Waals surface area contributed by atoms with Crippen molar-refractivity contribution < 1.29 is 18.8 Å². The number of carbonyl (C=O) groups is 3. The predicted octanol–water partition coefficient (Wildman–Crippen LogP) is 4.71. The number of imide groups is 1. The Bertz CT molecular complexity index is 957. The van der Waals surface area contributed by atoms with Crippen molar-refractivity contribution in [2.75, 3.05) is 13.1 Å². The number of nitrogens with zero attached hydrogens (tertiary/aromatic N) is 1. The monoisotopic (exact) mass is 444 g/mol. The summed E-state index contributed by atoms with van der Waals surface area (Å²) in [6.45, 7) is 0.0891. The quantitative estimate of drug-likeness (QED) is 0.674. The maximum absolute atomic E-state index is 12.5. The van der Waals surface area contributed by atoms with E-state index in [4.69, 9.17) is 39.2 Å². The number of rotatable bonds is 5. The van der Waals surface area contributed by atoms with Crippen molar-refractivity contribution in [3.8, 4) is 0 Å². The third-order valence-corrected chi connectivity index (χ3v) is 5.50. The van der Waals surface area contributed by atoms with Crippen molar-refractivity contribution in [3.63, 3.8) is 0 Å². The highest BCUT2D eigenvalue weighted by Gasteiger charge is 2.34. The van der Waals surface area contributed by atoms with Crippen LogP contribution in [0.25, 0.3) is 6.08 Å². The van der Waals surface area contributed by atoms with Crippen LogP contribution in [0.1, 0.15) is 16.1 Å². The zero-order valence-electron chi connectivity index (χ0n) is 13.5. The van der Waals surface area contributed by atoms with Crippen LogP contribution in [0, 0.1) is 0 Å². The Morgan fingerprint density at radius 3 is 2.67 bits per heavy atom. The fraction of sp³-hybridized carbons (Fsp3) is 0.118. The van der Waals surface area contributed by atoms with Crippen LogP contribution in [0.2, 0.25) is 15.3 Å². The lowest BCUT2D eigenvalue weighted by Gasteiger charge is -2.12. The van der Waals surface area contributed by atoms with Crippen LogP contribution < -0.4 is 5.32 Å². The molecule has 1 fully saturated rings. The summed E-state index contributed by atoms with van der Waals surface area (Å²) in [5.74, 6) is -0.906. The van der Waals surface area contributed by atoms with Crippen LogP contribution in [0.15, 0.2) is 39.7 Å². The molecule has 1 aliphatic heterocycles. The first-order valence-corrected chi connectivity index (χ1v) is 9.55. The highest BCUT2D eigenvalue weighted by Crippen LogP contribution is 2.34. The fourth-order valence-corrected chi connectivity index (χ4v) is 3.64. The number of furan rings is 1. The van der Waals surface area contributed by atoms with E-state index in [1.165, 1.54) is 18.2 Å². The van der Waals surface area contributed by atoms with Gasteiger partial charge in [-0.2, -0.15) is 0 Å². The van der Waals surface area contributed by atoms with Crippen LogP contribution in [0.3, 0.4) is 0 Å². The zero-order valence-corrected chi connectivity index (χ0v) is 16.6. The topological polar surface area (TPSA) is 79.6 Å². The molecule has 0 spiro atoms. The number of carbonyl (C=O) groups excluding carboxylic acids is 3. The average Bonchev–Trinajstić information content (AvgIpc) is 3.17. The van der Waals surface area contributed by atoms with E-state index in [2.05, 4.69) is 5.32 Å². The summed E-state index contributed by atoms with van der Waals surface area (Å²) in [7, 11) is 0. The number of benzene rings is 1. The maximum Gasteiger partial charge on any atom is 0.293 e. The smallest absolute Gasteiger partial charge is 0.293 e. The van der Waals surface area contributed by atoms with Crippen LogP contribution in [-0.4, -0.2) is 35.0 Å². The van der Waals surface area contributed by atoms with Gasteiger partial charge in [-0.25, -0.2) is 0 Å². The summed E-state index contributed by atoms with van der Waals surface area (Å²) in [5.41, 5.74) is 0.540. The van der Waals surface area contributed by atoms with Gasteiger partial charge in [0, 0.05) is 13.1 Å². The molecule has 140 valence electrons. The second-order valence-electron chi connectivity index (χ2n) is 5.34. The lowest BCUT2D eigenvalue weighted by Crippen LogP contribution is -2.37. The number of thioether (sulfide) groups is 1. The molecule has 0 bridgehead atoms. The molecule has 1 saturated heterocycles. The van der Waals surface area contributed by atoms with Gasteiger partial charge in [-0.05, 0) is 53.2 Å². The van der Waals surface area contributed by atoms with E-state index in [9.17, 15) is 14.4 Å². The molecule has 27 heavy (non-hydrogen) atoms. The molecule has 0 saturated carbocycles. The SMILES string of the molecule is O=C(NCCN1C(=O)S/C(=C\c2cccc(Cl)c2Cl)C1=O)c1ccc(Cl)o1. The van der Waals surface area contributed by atoms with Crippen molar-refractivity contribution in [2.45, 2.75) is 0 Å². The number of hydrogen-bond donors (Lipinski definition) is 1. The number of halogens is 3. The van der Waals surface area contributed by atoms with Crippen LogP contribution in [0.4, 0.5) is 4.79 Å². The van der Waals surface area contributed by atoms with Gasteiger partial charge in [-0.15, -0.1) is 0 Å². The molecule has 2 aromatic rings. The van der Waals surface area contributed by atoms with Crippen LogP contribution in [-0.2, 0) is 4.79 Å². The van der Waals surface area contributed by atoms with Gasteiger partial charge in [0.2, 0.25) is 0 Å². The van der Waals surface area contributed by atoms with E-state index in [0.29, 0.717) is 15.6 Å². The van der Waals surface area contributed by atoms with E-state index in [-0.39, 0.29) is 29.0 Å². The molecule has 1 aromatic carbocycles. The first-order chi connectivity index (χ1) is 12.9. The van der Waals surface area contributed by atoms with Crippen molar-refractivity contribution in [1.29, 1.82) is 0 Å². The molecule has 0 unspecified atom stereocenters. The second kappa shape index (κ2) is 8.39.